The van der Waals surface area contributed by atoms with Gasteiger partial charge in [-0.25, -0.2) is 0 Å². The summed E-state index contributed by atoms with van der Waals surface area (Å²) >= 11 is 0. The highest BCUT2D eigenvalue weighted by atomic mass is 16.2. The number of rotatable bonds is 2. The maximum atomic E-state index is 12.7. The van der Waals surface area contributed by atoms with Gasteiger partial charge < -0.3 is 10.3 Å². The SMILES string of the molecule is CC1CC(C)C(C)N(C(=O)c2ccccc2NN)C1. The van der Waals surface area contributed by atoms with Gasteiger partial charge in [-0.2, -0.15) is 0 Å². The number of likely N-dealkylation sites (tertiary alicyclic amines) is 1. The van der Waals surface area contributed by atoms with E-state index in [9.17, 15) is 4.79 Å². The molecule has 19 heavy (non-hydrogen) atoms. The van der Waals surface area contributed by atoms with Crippen LogP contribution in [0.1, 0.15) is 37.6 Å². The van der Waals surface area contributed by atoms with Crippen molar-refractivity contribution >= 4 is 11.6 Å². The van der Waals surface area contributed by atoms with Crippen LogP contribution in [-0.2, 0) is 0 Å². The number of para-hydroxylation sites is 1. The molecule has 104 valence electrons. The van der Waals surface area contributed by atoms with Crippen LogP contribution in [0.5, 0.6) is 0 Å². The molecule has 0 saturated carbocycles. The monoisotopic (exact) mass is 261 g/mol. The second-order valence-corrected chi connectivity index (χ2v) is 5.71. The number of nitrogens with zero attached hydrogens (tertiary/aromatic N) is 1. The second-order valence-electron chi connectivity index (χ2n) is 5.71. The average molecular weight is 261 g/mol. The Bertz CT molecular complexity index is 460. The fourth-order valence-electron chi connectivity index (χ4n) is 2.93. The van der Waals surface area contributed by atoms with Crippen LogP contribution in [0.15, 0.2) is 24.3 Å². The maximum Gasteiger partial charge on any atom is 0.256 e. The predicted octanol–water partition coefficient (Wildman–Crippen LogP) is 2.48. The average Bonchev–Trinajstić information content (AvgIpc) is 2.42. The largest absolute Gasteiger partial charge is 0.335 e. The highest BCUT2D eigenvalue weighted by Gasteiger charge is 2.32. The van der Waals surface area contributed by atoms with E-state index in [1.165, 1.54) is 6.42 Å². The van der Waals surface area contributed by atoms with E-state index in [1.807, 2.05) is 29.2 Å². The molecule has 1 fully saturated rings. The van der Waals surface area contributed by atoms with Crippen molar-refractivity contribution in [2.45, 2.75) is 33.2 Å². The van der Waals surface area contributed by atoms with Gasteiger partial charge in [-0.1, -0.05) is 26.0 Å². The fourth-order valence-corrected chi connectivity index (χ4v) is 2.93. The van der Waals surface area contributed by atoms with E-state index in [-0.39, 0.29) is 11.9 Å². The van der Waals surface area contributed by atoms with Gasteiger partial charge in [0.1, 0.15) is 0 Å². The number of piperidine rings is 1. The van der Waals surface area contributed by atoms with Crippen molar-refractivity contribution in [1.82, 2.24) is 4.90 Å². The van der Waals surface area contributed by atoms with Gasteiger partial charge >= 0.3 is 0 Å². The Hall–Kier alpha value is -1.55. The topological polar surface area (TPSA) is 58.4 Å². The third-order valence-electron chi connectivity index (χ3n) is 4.17. The summed E-state index contributed by atoms with van der Waals surface area (Å²) in [5.74, 6) is 6.64. The van der Waals surface area contributed by atoms with Crippen molar-refractivity contribution in [1.29, 1.82) is 0 Å². The zero-order chi connectivity index (χ0) is 14.0. The molecule has 1 saturated heterocycles. The van der Waals surface area contributed by atoms with E-state index in [2.05, 4.69) is 26.2 Å². The minimum atomic E-state index is 0.0689. The third kappa shape index (κ3) is 2.73. The molecule has 4 nitrogen and oxygen atoms in total. The van der Waals surface area contributed by atoms with E-state index in [1.54, 1.807) is 0 Å². The van der Waals surface area contributed by atoms with Crippen molar-refractivity contribution in [3.8, 4) is 0 Å². The number of hydrazine groups is 1. The standard InChI is InChI=1S/C15H23N3O/c1-10-8-11(2)12(3)18(9-10)15(19)13-6-4-5-7-14(13)17-16/h4-7,10-12,17H,8-9,16H2,1-3H3. The number of nitrogen functional groups attached to an aromatic ring is 1. The van der Waals surface area contributed by atoms with Crippen LogP contribution in [0.2, 0.25) is 0 Å². The van der Waals surface area contributed by atoms with Crippen LogP contribution in [0, 0.1) is 11.8 Å². The number of hydrogen-bond acceptors (Lipinski definition) is 3. The van der Waals surface area contributed by atoms with Gasteiger partial charge in [0, 0.05) is 12.6 Å². The number of hydrogen-bond donors (Lipinski definition) is 2. The zero-order valence-electron chi connectivity index (χ0n) is 11.9. The molecule has 1 aliphatic heterocycles. The normalized spacial score (nSPS) is 27.2. The van der Waals surface area contributed by atoms with Crippen molar-refractivity contribution in [3.63, 3.8) is 0 Å². The molecule has 3 unspecified atom stereocenters. The molecule has 2 rings (SSSR count). The summed E-state index contributed by atoms with van der Waals surface area (Å²) in [7, 11) is 0. The van der Waals surface area contributed by atoms with Crippen LogP contribution >= 0.6 is 0 Å². The first kappa shape index (κ1) is 13.9. The van der Waals surface area contributed by atoms with E-state index < -0.39 is 0 Å². The number of nitrogens with two attached hydrogens (primary N) is 1. The number of amides is 1. The molecule has 3 atom stereocenters. The van der Waals surface area contributed by atoms with Crippen LogP contribution in [0.25, 0.3) is 0 Å². The van der Waals surface area contributed by atoms with Crippen molar-refractivity contribution in [3.05, 3.63) is 29.8 Å². The van der Waals surface area contributed by atoms with Crippen LogP contribution in [0.3, 0.4) is 0 Å². The molecule has 1 aromatic rings. The number of benzene rings is 1. The lowest BCUT2D eigenvalue weighted by molar-refractivity contribution is 0.0456. The number of nitrogens with one attached hydrogen (secondary N) is 1. The maximum absolute atomic E-state index is 12.7. The summed E-state index contributed by atoms with van der Waals surface area (Å²) < 4.78 is 0. The Labute approximate surface area is 114 Å². The molecular weight excluding hydrogens is 238 g/mol. The Morgan fingerprint density at radius 2 is 2.00 bits per heavy atom. The van der Waals surface area contributed by atoms with Crippen molar-refractivity contribution in [2.75, 3.05) is 12.0 Å². The molecule has 4 heteroatoms. The van der Waals surface area contributed by atoms with Gasteiger partial charge in [-0.15, -0.1) is 0 Å². The molecular formula is C15H23N3O. The summed E-state index contributed by atoms with van der Waals surface area (Å²) in [6, 6.07) is 7.67. The smallest absolute Gasteiger partial charge is 0.256 e. The summed E-state index contributed by atoms with van der Waals surface area (Å²) in [4.78, 5) is 14.7. The van der Waals surface area contributed by atoms with E-state index >= 15 is 0 Å². The van der Waals surface area contributed by atoms with E-state index in [4.69, 9.17) is 5.84 Å². The van der Waals surface area contributed by atoms with Crippen molar-refractivity contribution in [2.24, 2.45) is 17.7 Å². The Balaban J connectivity index is 2.27. The van der Waals surface area contributed by atoms with Crippen LogP contribution < -0.4 is 11.3 Å². The molecule has 1 aromatic carbocycles. The van der Waals surface area contributed by atoms with Gasteiger partial charge in [-0.05, 0) is 37.3 Å². The second kappa shape index (κ2) is 5.61. The van der Waals surface area contributed by atoms with E-state index in [0.29, 0.717) is 23.1 Å². The molecule has 0 spiro atoms. The predicted molar refractivity (Wildman–Crippen MR) is 77.7 cm³/mol. The first-order chi connectivity index (χ1) is 9.04. The molecule has 1 amide bonds. The molecule has 3 N–H and O–H groups in total. The number of carbonyl (C=O) groups is 1. The lowest BCUT2D eigenvalue weighted by Gasteiger charge is -2.41. The summed E-state index contributed by atoms with van der Waals surface area (Å²) in [5, 5.41) is 0. The van der Waals surface area contributed by atoms with Crippen molar-refractivity contribution < 1.29 is 4.79 Å². The summed E-state index contributed by atoms with van der Waals surface area (Å²) in [6.45, 7) is 7.37. The molecule has 0 aliphatic carbocycles. The Morgan fingerprint density at radius 1 is 1.32 bits per heavy atom. The quantitative estimate of drug-likeness (QED) is 0.635. The fraction of sp³-hybridized carbons (Fsp3) is 0.533. The van der Waals surface area contributed by atoms with Gasteiger partial charge in [0.2, 0.25) is 0 Å². The molecule has 0 radical (unpaired) electrons. The van der Waals surface area contributed by atoms with E-state index in [0.717, 1.165) is 6.54 Å². The van der Waals surface area contributed by atoms with Gasteiger partial charge in [0.15, 0.2) is 0 Å². The first-order valence-corrected chi connectivity index (χ1v) is 6.91. The van der Waals surface area contributed by atoms with Crippen LogP contribution in [-0.4, -0.2) is 23.4 Å². The van der Waals surface area contributed by atoms with Crippen LogP contribution in [0.4, 0.5) is 5.69 Å². The zero-order valence-corrected chi connectivity index (χ0v) is 11.9. The number of anilines is 1. The highest BCUT2D eigenvalue weighted by Crippen LogP contribution is 2.29. The number of carbonyl (C=O) groups excluding carboxylic acids is 1. The minimum absolute atomic E-state index is 0.0689. The summed E-state index contributed by atoms with van der Waals surface area (Å²) in [5.41, 5.74) is 3.94. The first-order valence-electron chi connectivity index (χ1n) is 6.91. The summed E-state index contributed by atoms with van der Waals surface area (Å²) in [6.07, 6.45) is 1.18. The van der Waals surface area contributed by atoms with Gasteiger partial charge in [0.05, 0.1) is 11.3 Å². The lowest BCUT2D eigenvalue weighted by atomic mass is 9.85. The molecule has 0 bridgehead atoms. The highest BCUT2D eigenvalue weighted by molar-refractivity contribution is 5.99. The molecule has 1 aliphatic rings. The molecule has 1 heterocycles. The Morgan fingerprint density at radius 3 is 2.68 bits per heavy atom. The van der Waals surface area contributed by atoms with Gasteiger partial charge in [0.25, 0.3) is 5.91 Å². The Kier molecular flexibility index (Phi) is 4.10. The minimum Gasteiger partial charge on any atom is -0.335 e. The molecule has 0 aromatic heterocycles. The third-order valence-corrected chi connectivity index (χ3v) is 4.17. The lowest BCUT2D eigenvalue weighted by Crippen LogP contribution is -2.49. The van der Waals surface area contributed by atoms with Gasteiger partial charge in [-0.3, -0.25) is 10.6 Å².